The Labute approximate surface area is 185 Å². The Hall–Kier alpha value is -0.450. The van der Waals surface area contributed by atoms with Gasteiger partial charge in [-0.05, 0) is 51.7 Å². The number of hydrogen-bond donors (Lipinski definition) is 1. The summed E-state index contributed by atoms with van der Waals surface area (Å²) in [4.78, 5) is 13.8. The maximum absolute atomic E-state index is 5.34. The molecule has 1 aromatic heterocycles. The number of ether oxygens (including phenoxy) is 1. The van der Waals surface area contributed by atoms with E-state index in [-0.39, 0.29) is 30.1 Å². The zero-order valence-electron chi connectivity index (χ0n) is 17.4. The van der Waals surface area contributed by atoms with Gasteiger partial charge in [0.2, 0.25) is 0 Å². The van der Waals surface area contributed by atoms with Gasteiger partial charge in [0.05, 0.1) is 12.2 Å². The predicted molar refractivity (Wildman–Crippen MR) is 125 cm³/mol. The van der Waals surface area contributed by atoms with Gasteiger partial charge in [0.15, 0.2) is 5.96 Å². The van der Waals surface area contributed by atoms with Crippen molar-refractivity contribution in [2.45, 2.75) is 45.8 Å². The zero-order valence-corrected chi connectivity index (χ0v) is 20.5. The van der Waals surface area contributed by atoms with Crippen LogP contribution in [0.1, 0.15) is 49.9 Å². The van der Waals surface area contributed by atoms with Gasteiger partial charge in [-0.2, -0.15) is 0 Å². The van der Waals surface area contributed by atoms with Crippen molar-refractivity contribution in [2.24, 2.45) is 10.9 Å². The number of rotatable bonds is 8. The van der Waals surface area contributed by atoms with E-state index in [1.807, 2.05) is 14.0 Å². The summed E-state index contributed by atoms with van der Waals surface area (Å²) >= 11 is 1.65. The first-order valence-electron chi connectivity index (χ1n) is 9.64. The molecule has 0 aromatic carbocycles. The molecule has 6 nitrogen and oxygen atoms in total. The maximum atomic E-state index is 5.34. The summed E-state index contributed by atoms with van der Waals surface area (Å²) in [6.07, 6.45) is 3.88. The number of guanidine groups is 1. The molecule has 1 aliphatic rings. The largest absolute Gasteiger partial charge is 0.375 e. The van der Waals surface area contributed by atoms with E-state index in [2.05, 4.69) is 44.4 Å². The van der Waals surface area contributed by atoms with Crippen LogP contribution in [0.2, 0.25) is 0 Å². The van der Waals surface area contributed by atoms with Crippen LogP contribution >= 0.6 is 35.3 Å². The Bertz CT molecular complexity index is 560. The molecule has 0 saturated carbocycles. The molecular weight excluding hydrogens is 473 g/mol. The second kappa shape index (κ2) is 12.9. The van der Waals surface area contributed by atoms with Crippen molar-refractivity contribution in [1.29, 1.82) is 0 Å². The van der Waals surface area contributed by atoms with E-state index >= 15 is 0 Å². The van der Waals surface area contributed by atoms with E-state index < -0.39 is 0 Å². The molecular formula is C19H36IN5OS. The van der Waals surface area contributed by atoms with Crippen LogP contribution in [0, 0.1) is 5.92 Å². The van der Waals surface area contributed by atoms with Gasteiger partial charge in [-0.1, -0.05) is 6.92 Å². The number of aromatic nitrogens is 1. The minimum Gasteiger partial charge on any atom is -0.375 e. The lowest BCUT2D eigenvalue weighted by molar-refractivity contribution is 0.119. The lowest BCUT2D eigenvalue weighted by Gasteiger charge is -2.30. The lowest BCUT2D eigenvalue weighted by atomic mass is 9.99. The SMILES string of the molecule is CN=C(NCCCN1CCC(C)CC1)N(C)Cc1csc(C(C)OC)n1.I. The summed E-state index contributed by atoms with van der Waals surface area (Å²) in [6.45, 7) is 9.76. The molecule has 0 amide bonds. The molecule has 1 N–H and O–H groups in total. The van der Waals surface area contributed by atoms with E-state index in [1.54, 1.807) is 18.4 Å². The molecule has 1 saturated heterocycles. The molecule has 0 radical (unpaired) electrons. The van der Waals surface area contributed by atoms with Crippen LogP contribution in [0.4, 0.5) is 0 Å². The zero-order chi connectivity index (χ0) is 18.9. The molecule has 2 heterocycles. The van der Waals surface area contributed by atoms with Crippen LogP contribution in [0.3, 0.4) is 0 Å². The molecule has 1 aliphatic heterocycles. The molecule has 2 rings (SSSR count). The smallest absolute Gasteiger partial charge is 0.193 e. The van der Waals surface area contributed by atoms with E-state index in [0.717, 1.165) is 42.1 Å². The third-order valence-corrected chi connectivity index (χ3v) is 6.11. The number of aliphatic imine (C=N–C) groups is 1. The molecule has 1 aromatic rings. The van der Waals surface area contributed by atoms with Crippen LogP contribution in [0.5, 0.6) is 0 Å². The van der Waals surface area contributed by atoms with Crippen molar-refractivity contribution in [2.75, 3.05) is 47.4 Å². The summed E-state index contributed by atoms with van der Waals surface area (Å²) < 4.78 is 5.34. The Kier molecular flexibility index (Phi) is 11.7. The number of hydrogen-bond acceptors (Lipinski definition) is 5. The number of halogens is 1. The number of methoxy groups -OCH3 is 1. The van der Waals surface area contributed by atoms with Gasteiger partial charge >= 0.3 is 0 Å². The van der Waals surface area contributed by atoms with Gasteiger partial charge in [-0.15, -0.1) is 35.3 Å². The van der Waals surface area contributed by atoms with Crippen molar-refractivity contribution in [1.82, 2.24) is 20.1 Å². The van der Waals surface area contributed by atoms with Crippen molar-refractivity contribution < 1.29 is 4.74 Å². The van der Waals surface area contributed by atoms with Gasteiger partial charge < -0.3 is 19.9 Å². The highest BCUT2D eigenvalue weighted by molar-refractivity contribution is 14.0. The molecule has 0 bridgehead atoms. The summed E-state index contributed by atoms with van der Waals surface area (Å²) in [5.74, 6) is 1.82. The molecule has 1 fully saturated rings. The van der Waals surface area contributed by atoms with Crippen LogP contribution in [0.15, 0.2) is 10.4 Å². The van der Waals surface area contributed by atoms with Gasteiger partial charge in [0.25, 0.3) is 0 Å². The summed E-state index contributed by atoms with van der Waals surface area (Å²) in [6, 6.07) is 0. The van der Waals surface area contributed by atoms with E-state index in [0.29, 0.717) is 0 Å². The highest BCUT2D eigenvalue weighted by Gasteiger charge is 2.15. The maximum Gasteiger partial charge on any atom is 0.193 e. The Morgan fingerprint density at radius 1 is 1.48 bits per heavy atom. The molecule has 0 aliphatic carbocycles. The summed E-state index contributed by atoms with van der Waals surface area (Å²) in [5.41, 5.74) is 1.06. The molecule has 0 spiro atoms. The first-order chi connectivity index (χ1) is 12.5. The van der Waals surface area contributed by atoms with Gasteiger partial charge in [-0.25, -0.2) is 4.98 Å². The first kappa shape index (κ1) is 24.6. The highest BCUT2D eigenvalue weighted by atomic mass is 127. The van der Waals surface area contributed by atoms with Crippen molar-refractivity contribution in [3.8, 4) is 0 Å². The number of nitrogens with zero attached hydrogens (tertiary/aromatic N) is 4. The minimum absolute atomic E-state index is 0. The fourth-order valence-electron chi connectivity index (χ4n) is 3.17. The second-order valence-corrected chi connectivity index (χ2v) is 8.15. The molecule has 156 valence electrons. The van der Waals surface area contributed by atoms with Crippen LogP contribution < -0.4 is 5.32 Å². The fraction of sp³-hybridized carbons (Fsp3) is 0.789. The summed E-state index contributed by atoms with van der Waals surface area (Å²) in [7, 11) is 5.61. The Morgan fingerprint density at radius 2 is 2.19 bits per heavy atom. The topological polar surface area (TPSA) is 53.0 Å². The number of piperidine rings is 1. The Balaban J connectivity index is 0.00000364. The number of nitrogens with one attached hydrogen (secondary N) is 1. The van der Waals surface area contributed by atoms with E-state index in [9.17, 15) is 0 Å². The van der Waals surface area contributed by atoms with Crippen LogP contribution in [-0.4, -0.2) is 68.1 Å². The van der Waals surface area contributed by atoms with Crippen molar-refractivity contribution in [3.63, 3.8) is 0 Å². The monoisotopic (exact) mass is 509 g/mol. The lowest BCUT2D eigenvalue weighted by Crippen LogP contribution is -2.40. The third-order valence-electron chi connectivity index (χ3n) is 5.05. The standard InChI is InChI=1S/C19H35N5OS.HI/c1-15-7-11-24(12-8-15)10-6-9-21-19(20-3)23(4)13-17-14-26-18(22-17)16(2)25-5;/h14-16H,6-13H2,1-5H3,(H,20,21);1H. The van der Waals surface area contributed by atoms with E-state index in [4.69, 9.17) is 4.74 Å². The van der Waals surface area contributed by atoms with Gasteiger partial charge in [0, 0.05) is 33.1 Å². The summed E-state index contributed by atoms with van der Waals surface area (Å²) in [5, 5.41) is 6.60. The van der Waals surface area contributed by atoms with Crippen molar-refractivity contribution >= 4 is 41.3 Å². The molecule has 1 atom stereocenters. The molecule has 27 heavy (non-hydrogen) atoms. The van der Waals surface area contributed by atoms with Gasteiger partial charge in [0.1, 0.15) is 11.1 Å². The quantitative estimate of drug-likeness (QED) is 0.251. The fourth-order valence-corrected chi connectivity index (χ4v) is 4.02. The normalized spacial score (nSPS) is 17.4. The highest BCUT2D eigenvalue weighted by Crippen LogP contribution is 2.21. The predicted octanol–water partition coefficient (Wildman–Crippen LogP) is 3.60. The first-order valence-corrected chi connectivity index (χ1v) is 10.5. The minimum atomic E-state index is 0. The second-order valence-electron chi connectivity index (χ2n) is 7.26. The van der Waals surface area contributed by atoms with E-state index in [1.165, 1.54) is 32.5 Å². The molecule has 1 unspecified atom stereocenters. The average Bonchev–Trinajstić information content (AvgIpc) is 3.11. The van der Waals surface area contributed by atoms with Crippen LogP contribution in [0.25, 0.3) is 0 Å². The molecule has 8 heteroatoms. The number of thiazole rings is 1. The number of likely N-dealkylation sites (tertiary alicyclic amines) is 1. The van der Waals surface area contributed by atoms with Crippen molar-refractivity contribution in [3.05, 3.63) is 16.1 Å². The van der Waals surface area contributed by atoms with Gasteiger partial charge in [-0.3, -0.25) is 4.99 Å². The van der Waals surface area contributed by atoms with Crippen LogP contribution in [-0.2, 0) is 11.3 Å². The Morgan fingerprint density at radius 3 is 2.81 bits per heavy atom. The third kappa shape index (κ3) is 8.21. The average molecular weight is 510 g/mol.